The minimum atomic E-state index is -1.15. The highest BCUT2D eigenvalue weighted by Crippen LogP contribution is 2.32. The van der Waals surface area contributed by atoms with Crippen LogP contribution in [-0.2, 0) is 9.59 Å². The molecular formula is C13H23N3O4. The number of rotatable bonds is 6. The highest BCUT2D eigenvalue weighted by molar-refractivity contribution is 5.89. The van der Waals surface area contributed by atoms with Gasteiger partial charge >= 0.3 is 12.0 Å². The maximum atomic E-state index is 11.9. The number of hydrogen-bond donors (Lipinski definition) is 3. The van der Waals surface area contributed by atoms with E-state index in [2.05, 4.69) is 10.6 Å². The second-order valence-corrected chi connectivity index (χ2v) is 5.72. The van der Waals surface area contributed by atoms with E-state index in [-0.39, 0.29) is 12.5 Å². The number of likely N-dealkylation sites (N-methyl/N-ethyl adjacent to an activating group) is 1. The Balaban J connectivity index is 2.43. The number of nitrogens with one attached hydrogen (secondary N) is 2. The number of hydrogen-bond acceptors (Lipinski definition) is 3. The number of carboxylic acid groups (broad SMARTS) is 1. The summed E-state index contributed by atoms with van der Waals surface area (Å²) < 4.78 is 0. The Morgan fingerprint density at radius 3 is 2.30 bits per heavy atom. The summed E-state index contributed by atoms with van der Waals surface area (Å²) in [5.41, 5.74) is -1.15. The number of carbonyl (C=O) groups excluding carboxylic acids is 2. The zero-order valence-electron chi connectivity index (χ0n) is 12.2. The van der Waals surface area contributed by atoms with Crippen molar-refractivity contribution in [1.29, 1.82) is 0 Å². The van der Waals surface area contributed by atoms with Crippen LogP contribution >= 0.6 is 0 Å². The Hall–Kier alpha value is -1.79. The predicted octanol–water partition coefficient (Wildman–Crippen LogP) is 0.407. The molecule has 0 heterocycles. The Labute approximate surface area is 118 Å². The van der Waals surface area contributed by atoms with Crippen LogP contribution in [0, 0.1) is 5.92 Å². The maximum Gasteiger partial charge on any atom is 0.329 e. The molecule has 7 nitrogen and oxygen atoms in total. The Bertz CT molecular complexity index is 391. The number of nitrogens with zero attached hydrogens (tertiary/aromatic N) is 1. The van der Waals surface area contributed by atoms with Gasteiger partial charge in [0.15, 0.2) is 0 Å². The van der Waals surface area contributed by atoms with E-state index in [1.165, 1.54) is 11.9 Å². The summed E-state index contributed by atoms with van der Waals surface area (Å²) in [5.74, 6) is -0.938. The highest BCUT2D eigenvalue weighted by atomic mass is 16.4. The van der Waals surface area contributed by atoms with Gasteiger partial charge in [-0.25, -0.2) is 9.59 Å². The minimum absolute atomic E-state index is 0.0890. The molecule has 0 aromatic carbocycles. The van der Waals surface area contributed by atoms with Crippen molar-refractivity contribution in [3.63, 3.8) is 0 Å². The number of carbonyl (C=O) groups is 3. The van der Waals surface area contributed by atoms with Crippen LogP contribution in [0.2, 0.25) is 0 Å². The lowest BCUT2D eigenvalue weighted by Crippen LogP contribution is -2.61. The third-order valence-corrected chi connectivity index (χ3v) is 3.40. The molecule has 3 amide bonds. The quantitative estimate of drug-likeness (QED) is 0.658. The van der Waals surface area contributed by atoms with E-state index in [1.54, 1.807) is 0 Å². The highest BCUT2D eigenvalue weighted by Gasteiger charge is 2.46. The largest absolute Gasteiger partial charge is 0.480 e. The zero-order chi connectivity index (χ0) is 15.3. The molecule has 0 aromatic rings. The molecule has 3 N–H and O–H groups in total. The van der Waals surface area contributed by atoms with Crippen molar-refractivity contribution in [3.05, 3.63) is 0 Å². The molecule has 0 saturated heterocycles. The van der Waals surface area contributed by atoms with Crippen molar-refractivity contribution in [2.45, 2.75) is 38.6 Å². The van der Waals surface area contributed by atoms with Gasteiger partial charge in [0, 0.05) is 13.6 Å². The molecular weight excluding hydrogens is 262 g/mol. The topological polar surface area (TPSA) is 98.7 Å². The van der Waals surface area contributed by atoms with Gasteiger partial charge in [-0.15, -0.1) is 0 Å². The van der Waals surface area contributed by atoms with E-state index < -0.39 is 17.5 Å². The summed E-state index contributed by atoms with van der Waals surface area (Å²) in [7, 11) is 1.47. The van der Waals surface area contributed by atoms with Crippen molar-refractivity contribution in [3.8, 4) is 0 Å². The number of urea groups is 1. The van der Waals surface area contributed by atoms with Crippen LogP contribution in [0.4, 0.5) is 4.79 Å². The molecule has 0 bridgehead atoms. The lowest BCUT2D eigenvalue weighted by atomic mass is 9.77. The molecule has 0 unspecified atom stereocenters. The maximum absolute atomic E-state index is 11.9. The van der Waals surface area contributed by atoms with Gasteiger partial charge < -0.3 is 20.6 Å². The van der Waals surface area contributed by atoms with Crippen molar-refractivity contribution in [2.24, 2.45) is 5.92 Å². The average Bonchev–Trinajstić information content (AvgIpc) is 2.30. The van der Waals surface area contributed by atoms with Gasteiger partial charge in [-0.2, -0.15) is 0 Å². The first-order valence-corrected chi connectivity index (χ1v) is 6.80. The SMILES string of the molecule is CC(C)CNC(=O)CN(C)C(=O)NC1(C(=O)O)CCC1. The summed E-state index contributed by atoms with van der Waals surface area (Å²) in [5, 5.41) is 14.3. The van der Waals surface area contributed by atoms with Crippen LogP contribution in [0.25, 0.3) is 0 Å². The molecule has 1 rings (SSSR count). The summed E-state index contributed by atoms with van der Waals surface area (Å²) in [6.07, 6.45) is 1.65. The van der Waals surface area contributed by atoms with E-state index in [0.717, 1.165) is 6.42 Å². The van der Waals surface area contributed by atoms with Crippen LogP contribution < -0.4 is 10.6 Å². The molecule has 1 aliphatic carbocycles. The monoisotopic (exact) mass is 285 g/mol. The van der Waals surface area contributed by atoms with E-state index in [4.69, 9.17) is 5.11 Å². The smallest absolute Gasteiger partial charge is 0.329 e. The third kappa shape index (κ3) is 4.11. The predicted molar refractivity (Wildman–Crippen MR) is 73.2 cm³/mol. The average molecular weight is 285 g/mol. The first-order valence-electron chi connectivity index (χ1n) is 6.80. The third-order valence-electron chi connectivity index (χ3n) is 3.40. The van der Waals surface area contributed by atoms with E-state index in [1.807, 2.05) is 13.8 Å². The molecule has 20 heavy (non-hydrogen) atoms. The van der Waals surface area contributed by atoms with E-state index >= 15 is 0 Å². The molecule has 1 aliphatic rings. The molecule has 0 aromatic heterocycles. The van der Waals surface area contributed by atoms with Crippen molar-refractivity contribution >= 4 is 17.9 Å². The van der Waals surface area contributed by atoms with E-state index in [0.29, 0.717) is 25.3 Å². The Morgan fingerprint density at radius 2 is 1.90 bits per heavy atom. The van der Waals surface area contributed by atoms with Gasteiger partial charge in [-0.3, -0.25) is 4.79 Å². The molecule has 0 aliphatic heterocycles. The van der Waals surface area contributed by atoms with Gasteiger partial charge in [0.1, 0.15) is 12.1 Å². The zero-order valence-corrected chi connectivity index (χ0v) is 12.2. The lowest BCUT2D eigenvalue weighted by Gasteiger charge is -2.39. The summed E-state index contributed by atoms with van der Waals surface area (Å²) >= 11 is 0. The molecule has 0 atom stereocenters. The molecule has 0 radical (unpaired) electrons. The minimum Gasteiger partial charge on any atom is -0.480 e. The van der Waals surface area contributed by atoms with Gasteiger partial charge in [-0.05, 0) is 25.2 Å². The van der Waals surface area contributed by atoms with Gasteiger partial charge in [-0.1, -0.05) is 13.8 Å². The Morgan fingerprint density at radius 1 is 1.30 bits per heavy atom. The standard InChI is InChI=1S/C13H23N3O4/c1-9(2)7-14-10(17)8-16(3)12(20)15-13(11(18)19)5-4-6-13/h9H,4-8H2,1-3H3,(H,14,17)(H,15,20)(H,18,19). The lowest BCUT2D eigenvalue weighted by molar-refractivity contribution is -0.148. The van der Waals surface area contributed by atoms with Crippen LogP contribution in [0.1, 0.15) is 33.1 Å². The molecule has 1 fully saturated rings. The second kappa shape index (κ2) is 6.58. The fourth-order valence-electron chi connectivity index (χ4n) is 1.88. The Kier molecular flexibility index (Phi) is 5.35. The van der Waals surface area contributed by atoms with E-state index in [9.17, 15) is 14.4 Å². The van der Waals surface area contributed by atoms with Gasteiger partial charge in [0.2, 0.25) is 5.91 Å². The summed E-state index contributed by atoms with van der Waals surface area (Å²) in [4.78, 5) is 35.8. The van der Waals surface area contributed by atoms with Crippen molar-refractivity contribution < 1.29 is 19.5 Å². The first-order chi connectivity index (χ1) is 9.27. The molecule has 0 spiro atoms. The molecule has 114 valence electrons. The second-order valence-electron chi connectivity index (χ2n) is 5.72. The van der Waals surface area contributed by atoms with Gasteiger partial charge in [0.05, 0.1) is 0 Å². The first kappa shape index (κ1) is 16.3. The summed E-state index contributed by atoms with van der Waals surface area (Å²) in [6.45, 7) is 4.41. The summed E-state index contributed by atoms with van der Waals surface area (Å²) in [6, 6.07) is -0.535. The fraction of sp³-hybridized carbons (Fsp3) is 0.769. The fourth-order valence-corrected chi connectivity index (χ4v) is 1.88. The molecule has 7 heteroatoms. The van der Waals surface area contributed by atoms with Crippen LogP contribution in [0.5, 0.6) is 0 Å². The van der Waals surface area contributed by atoms with Gasteiger partial charge in [0.25, 0.3) is 0 Å². The van der Waals surface area contributed by atoms with Crippen LogP contribution in [0.3, 0.4) is 0 Å². The van der Waals surface area contributed by atoms with Crippen LogP contribution in [0.15, 0.2) is 0 Å². The number of carboxylic acids is 1. The molecule has 1 saturated carbocycles. The number of amides is 3. The van der Waals surface area contributed by atoms with Crippen LogP contribution in [-0.4, -0.2) is 53.6 Å². The van der Waals surface area contributed by atoms with Crippen molar-refractivity contribution in [1.82, 2.24) is 15.5 Å². The van der Waals surface area contributed by atoms with Crippen molar-refractivity contribution in [2.75, 3.05) is 20.1 Å². The normalized spacial score (nSPS) is 16.2. The number of aliphatic carboxylic acids is 1.